The molecule has 2 heteroatoms. The summed E-state index contributed by atoms with van der Waals surface area (Å²) in [5, 5.41) is 0. The van der Waals surface area contributed by atoms with Gasteiger partial charge in [0.25, 0.3) is 0 Å². The van der Waals surface area contributed by atoms with E-state index in [9.17, 15) is 0 Å². The molecule has 1 aliphatic heterocycles. The van der Waals surface area contributed by atoms with Crippen molar-refractivity contribution in [3.05, 3.63) is 0 Å². The fourth-order valence-electron chi connectivity index (χ4n) is 1.65. The summed E-state index contributed by atoms with van der Waals surface area (Å²) in [4.78, 5) is 0. The maximum Gasteiger partial charge on any atom is 0.0514 e. The van der Waals surface area contributed by atoms with Gasteiger partial charge >= 0.3 is 0 Å². The van der Waals surface area contributed by atoms with E-state index in [4.69, 9.17) is 10.5 Å². The van der Waals surface area contributed by atoms with Gasteiger partial charge < -0.3 is 10.5 Å². The molecule has 0 saturated carbocycles. The molecule has 1 saturated heterocycles. The predicted molar refractivity (Wildman–Crippen MR) is 46.4 cm³/mol. The lowest BCUT2D eigenvalue weighted by atomic mass is 9.75. The zero-order chi connectivity index (χ0) is 8.48. The second-order valence-electron chi connectivity index (χ2n) is 4.50. The predicted octanol–water partition coefficient (Wildman–Crippen LogP) is 1.40. The monoisotopic (exact) mass is 157 g/mol. The summed E-state index contributed by atoms with van der Waals surface area (Å²) < 4.78 is 5.40. The van der Waals surface area contributed by atoms with Crippen LogP contribution in [0.25, 0.3) is 0 Å². The third kappa shape index (κ3) is 2.17. The van der Waals surface area contributed by atoms with Crippen LogP contribution >= 0.6 is 0 Å². The van der Waals surface area contributed by atoms with Crippen LogP contribution in [0.1, 0.15) is 27.2 Å². The van der Waals surface area contributed by atoms with Gasteiger partial charge in [-0.3, -0.25) is 0 Å². The molecule has 0 radical (unpaired) electrons. The molecule has 0 aromatic carbocycles. The van der Waals surface area contributed by atoms with Crippen LogP contribution in [0.5, 0.6) is 0 Å². The highest BCUT2D eigenvalue weighted by Gasteiger charge is 2.32. The van der Waals surface area contributed by atoms with Crippen LogP contribution in [0.3, 0.4) is 0 Å². The van der Waals surface area contributed by atoms with Gasteiger partial charge in [0, 0.05) is 18.6 Å². The Kier molecular flexibility index (Phi) is 2.55. The zero-order valence-electron chi connectivity index (χ0n) is 7.76. The van der Waals surface area contributed by atoms with Crippen molar-refractivity contribution in [2.45, 2.75) is 33.2 Å². The van der Waals surface area contributed by atoms with Gasteiger partial charge in [-0.1, -0.05) is 20.8 Å². The van der Waals surface area contributed by atoms with Gasteiger partial charge in [0.15, 0.2) is 0 Å². The van der Waals surface area contributed by atoms with Crippen LogP contribution in [-0.4, -0.2) is 19.3 Å². The van der Waals surface area contributed by atoms with Crippen molar-refractivity contribution >= 4 is 0 Å². The lowest BCUT2D eigenvalue weighted by Crippen LogP contribution is -2.45. The van der Waals surface area contributed by atoms with E-state index >= 15 is 0 Å². The molecule has 11 heavy (non-hydrogen) atoms. The van der Waals surface area contributed by atoms with Crippen LogP contribution in [0, 0.1) is 11.3 Å². The van der Waals surface area contributed by atoms with Gasteiger partial charge in [0.05, 0.1) is 6.61 Å². The molecule has 2 nitrogen and oxygen atoms in total. The molecule has 66 valence electrons. The topological polar surface area (TPSA) is 35.2 Å². The average molecular weight is 157 g/mol. The van der Waals surface area contributed by atoms with E-state index in [1.165, 1.54) is 0 Å². The highest BCUT2D eigenvalue weighted by atomic mass is 16.5. The number of hydrogen-bond acceptors (Lipinski definition) is 2. The number of nitrogens with two attached hydrogens (primary N) is 1. The summed E-state index contributed by atoms with van der Waals surface area (Å²) in [5.41, 5.74) is 6.28. The number of rotatable bonds is 0. The first kappa shape index (κ1) is 9.01. The summed E-state index contributed by atoms with van der Waals surface area (Å²) >= 11 is 0. The van der Waals surface area contributed by atoms with Crippen molar-refractivity contribution in [1.82, 2.24) is 0 Å². The second kappa shape index (κ2) is 3.11. The van der Waals surface area contributed by atoms with Crippen molar-refractivity contribution in [1.29, 1.82) is 0 Å². The quantitative estimate of drug-likeness (QED) is 0.577. The van der Waals surface area contributed by atoms with Crippen molar-refractivity contribution in [3.63, 3.8) is 0 Å². The molecule has 1 fully saturated rings. The molecule has 0 amide bonds. The molecule has 0 bridgehead atoms. The summed E-state index contributed by atoms with van der Waals surface area (Å²) in [6.45, 7) is 8.36. The van der Waals surface area contributed by atoms with Gasteiger partial charge in [0.2, 0.25) is 0 Å². The summed E-state index contributed by atoms with van der Waals surface area (Å²) in [6, 6.07) is 0.337. The Hall–Kier alpha value is -0.0800. The fourth-order valence-corrected chi connectivity index (χ4v) is 1.65. The van der Waals surface area contributed by atoms with Crippen LogP contribution in [0.15, 0.2) is 0 Å². The molecule has 0 aromatic heterocycles. The van der Waals surface area contributed by atoms with Gasteiger partial charge in [-0.2, -0.15) is 0 Å². The zero-order valence-corrected chi connectivity index (χ0v) is 7.76. The molecule has 0 aliphatic carbocycles. The largest absolute Gasteiger partial charge is 0.381 e. The van der Waals surface area contributed by atoms with E-state index in [1.807, 2.05) is 0 Å². The van der Waals surface area contributed by atoms with E-state index in [1.54, 1.807) is 0 Å². The summed E-state index contributed by atoms with van der Waals surface area (Å²) in [7, 11) is 0. The normalized spacial score (nSPS) is 33.8. The first-order valence-corrected chi connectivity index (χ1v) is 4.35. The minimum Gasteiger partial charge on any atom is -0.381 e. The standard InChI is InChI=1S/C9H19NO/c1-9(2,3)7-6-11-5-4-8(7)10/h7-8H,4-6,10H2,1-3H3. The molecule has 2 unspecified atom stereocenters. The lowest BCUT2D eigenvalue weighted by molar-refractivity contribution is -0.00311. The first-order valence-electron chi connectivity index (χ1n) is 4.35. The van der Waals surface area contributed by atoms with Gasteiger partial charge in [-0.15, -0.1) is 0 Å². The van der Waals surface area contributed by atoms with Gasteiger partial charge in [-0.05, 0) is 11.8 Å². The lowest BCUT2D eigenvalue weighted by Gasteiger charge is -2.38. The van der Waals surface area contributed by atoms with E-state index in [0.717, 1.165) is 19.6 Å². The highest BCUT2D eigenvalue weighted by Crippen LogP contribution is 2.31. The van der Waals surface area contributed by atoms with Crippen molar-refractivity contribution in [2.24, 2.45) is 17.1 Å². The van der Waals surface area contributed by atoms with Crippen molar-refractivity contribution in [3.8, 4) is 0 Å². The molecule has 0 spiro atoms. The Morgan fingerprint density at radius 3 is 2.36 bits per heavy atom. The third-order valence-corrected chi connectivity index (χ3v) is 2.52. The van der Waals surface area contributed by atoms with Gasteiger partial charge in [0.1, 0.15) is 0 Å². The first-order chi connectivity index (χ1) is 5.02. The number of ether oxygens (including phenoxy) is 1. The average Bonchev–Trinajstić information content (AvgIpc) is 1.86. The SMILES string of the molecule is CC(C)(C)C1COCCC1N. The fraction of sp³-hybridized carbons (Fsp3) is 1.00. The molecular formula is C9H19NO. The molecule has 1 heterocycles. The van der Waals surface area contributed by atoms with Gasteiger partial charge in [-0.25, -0.2) is 0 Å². The summed E-state index contributed by atoms with van der Waals surface area (Å²) in [5.74, 6) is 0.524. The maximum atomic E-state index is 5.99. The minimum atomic E-state index is 0.292. The smallest absolute Gasteiger partial charge is 0.0514 e. The van der Waals surface area contributed by atoms with Crippen molar-refractivity contribution < 1.29 is 4.74 Å². The van der Waals surface area contributed by atoms with Crippen LogP contribution in [-0.2, 0) is 4.74 Å². The molecule has 1 aliphatic rings. The molecule has 2 N–H and O–H groups in total. The molecule has 0 aromatic rings. The Labute approximate surface area is 69.1 Å². The maximum absolute atomic E-state index is 5.99. The highest BCUT2D eigenvalue weighted by molar-refractivity contribution is 4.84. The Balaban J connectivity index is 2.55. The minimum absolute atomic E-state index is 0.292. The van der Waals surface area contributed by atoms with Crippen LogP contribution in [0.2, 0.25) is 0 Å². The van der Waals surface area contributed by atoms with E-state index in [-0.39, 0.29) is 0 Å². The number of hydrogen-bond donors (Lipinski definition) is 1. The Morgan fingerprint density at radius 1 is 1.36 bits per heavy atom. The van der Waals surface area contributed by atoms with E-state index in [0.29, 0.717) is 17.4 Å². The second-order valence-corrected chi connectivity index (χ2v) is 4.50. The Bertz CT molecular complexity index is 128. The van der Waals surface area contributed by atoms with Crippen LogP contribution < -0.4 is 5.73 Å². The van der Waals surface area contributed by atoms with Crippen LogP contribution in [0.4, 0.5) is 0 Å². The molecular weight excluding hydrogens is 138 g/mol. The molecule has 1 rings (SSSR count). The third-order valence-electron chi connectivity index (χ3n) is 2.52. The summed E-state index contributed by atoms with van der Waals surface area (Å²) in [6.07, 6.45) is 1.02. The Morgan fingerprint density at radius 2 is 2.00 bits per heavy atom. The molecule has 2 atom stereocenters. The van der Waals surface area contributed by atoms with E-state index in [2.05, 4.69) is 20.8 Å². The van der Waals surface area contributed by atoms with Crippen molar-refractivity contribution in [2.75, 3.05) is 13.2 Å². The van der Waals surface area contributed by atoms with E-state index < -0.39 is 0 Å².